The minimum atomic E-state index is -0.791. The van der Waals surface area contributed by atoms with E-state index in [2.05, 4.69) is 37.5 Å². The Morgan fingerprint density at radius 2 is 1.89 bits per heavy atom. The highest BCUT2D eigenvalue weighted by atomic mass is 16.7. The molecule has 2 aliphatic rings. The van der Waals surface area contributed by atoms with Crippen molar-refractivity contribution in [2.24, 2.45) is 0 Å². The lowest BCUT2D eigenvalue weighted by Gasteiger charge is -2.32. The fourth-order valence-corrected chi connectivity index (χ4v) is 6.06. The molecule has 2 aliphatic heterocycles. The highest BCUT2D eigenvalue weighted by molar-refractivity contribution is 6.01. The Morgan fingerprint density at radius 1 is 1.21 bits per heavy atom. The number of aryl methyl sites for hydroxylation is 2. The van der Waals surface area contributed by atoms with E-state index < -0.39 is 5.79 Å². The molecule has 0 saturated carbocycles. The molecule has 0 fully saturated rings. The number of pyridine rings is 1. The van der Waals surface area contributed by atoms with E-state index in [-0.39, 0.29) is 18.0 Å². The molecular formula is C31H43N3O4. The van der Waals surface area contributed by atoms with Gasteiger partial charge in [-0.05, 0) is 90.2 Å². The van der Waals surface area contributed by atoms with Gasteiger partial charge in [-0.15, -0.1) is 0 Å². The zero-order chi connectivity index (χ0) is 27.9. The number of hydrogen-bond acceptors (Lipinski definition) is 5. The van der Waals surface area contributed by atoms with Crippen LogP contribution >= 0.6 is 0 Å². The van der Waals surface area contributed by atoms with E-state index in [4.69, 9.17) is 9.47 Å². The van der Waals surface area contributed by atoms with Crippen molar-refractivity contribution in [3.8, 4) is 11.5 Å². The number of rotatable bonds is 9. The van der Waals surface area contributed by atoms with Crippen LogP contribution in [0.25, 0.3) is 5.57 Å². The second kappa shape index (κ2) is 10.6. The van der Waals surface area contributed by atoms with Crippen LogP contribution < -0.4 is 15.0 Å². The van der Waals surface area contributed by atoms with Gasteiger partial charge in [-0.2, -0.15) is 0 Å². The maximum Gasteiger partial charge on any atom is 0.254 e. The molecule has 0 bridgehead atoms. The van der Waals surface area contributed by atoms with E-state index in [1.807, 2.05) is 40.7 Å². The van der Waals surface area contributed by atoms with Crippen LogP contribution in [0.4, 0.5) is 0 Å². The van der Waals surface area contributed by atoms with Crippen molar-refractivity contribution in [1.82, 2.24) is 14.8 Å². The highest BCUT2D eigenvalue weighted by Crippen LogP contribution is 2.51. The first-order chi connectivity index (χ1) is 17.9. The molecule has 7 nitrogen and oxygen atoms in total. The number of ether oxygens (including phenoxy) is 2. The molecule has 0 aliphatic carbocycles. The summed E-state index contributed by atoms with van der Waals surface area (Å²) in [5.41, 5.74) is 6.37. The normalized spacial score (nSPS) is 19.2. The van der Waals surface area contributed by atoms with Gasteiger partial charge in [-0.25, -0.2) is 0 Å². The number of nitrogens with one attached hydrogen (secondary N) is 1. The zero-order valence-electron chi connectivity index (χ0n) is 24.3. The van der Waals surface area contributed by atoms with Gasteiger partial charge in [0.15, 0.2) is 11.5 Å². The van der Waals surface area contributed by atoms with Gasteiger partial charge in [0.1, 0.15) is 0 Å². The largest absolute Gasteiger partial charge is 0.448 e. The quantitative estimate of drug-likeness (QED) is 0.470. The summed E-state index contributed by atoms with van der Waals surface area (Å²) in [6, 6.07) is 2.47. The van der Waals surface area contributed by atoms with Crippen LogP contribution in [0.5, 0.6) is 11.5 Å². The van der Waals surface area contributed by atoms with Crippen molar-refractivity contribution in [3.05, 3.63) is 62.1 Å². The molecule has 1 N–H and O–H groups in total. The van der Waals surface area contributed by atoms with Crippen LogP contribution in [0.15, 0.2) is 17.4 Å². The molecule has 4 rings (SSSR count). The van der Waals surface area contributed by atoms with Crippen molar-refractivity contribution < 1.29 is 14.3 Å². The SMILES string of the molecule is C=C(C)c1c2c(c(C)c3c1OC(C)(CCCC(CC)N(C)C)O3)C(=O)N(Cc1c(C)cc(C)[nH]c1=O)CC2. The molecule has 7 heteroatoms. The van der Waals surface area contributed by atoms with Crippen LogP contribution in [-0.2, 0) is 13.0 Å². The second-order valence-corrected chi connectivity index (χ2v) is 11.5. The molecule has 0 spiro atoms. The maximum absolute atomic E-state index is 13.9. The summed E-state index contributed by atoms with van der Waals surface area (Å²) in [6.45, 7) is 16.9. The van der Waals surface area contributed by atoms with Gasteiger partial charge in [-0.1, -0.05) is 13.5 Å². The fourth-order valence-electron chi connectivity index (χ4n) is 6.06. The van der Waals surface area contributed by atoms with Crippen LogP contribution in [0, 0.1) is 20.8 Å². The smallest absolute Gasteiger partial charge is 0.254 e. The molecule has 1 amide bonds. The lowest BCUT2D eigenvalue weighted by atomic mass is 9.86. The van der Waals surface area contributed by atoms with Crippen LogP contribution in [-0.4, -0.2) is 53.2 Å². The molecule has 2 unspecified atom stereocenters. The number of benzene rings is 1. The predicted octanol–water partition coefficient (Wildman–Crippen LogP) is 5.53. The van der Waals surface area contributed by atoms with Crippen molar-refractivity contribution in [1.29, 1.82) is 0 Å². The van der Waals surface area contributed by atoms with Crippen LogP contribution in [0.2, 0.25) is 0 Å². The van der Waals surface area contributed by atoms with Gasteiger partial charge < -0.3 is 24.3 Å². The summed E-state index contributed by atoms with van der Waals surface area (Å²) in [4.78, 5) is 33.5. The van der Waals surface area contributed by atoms with E-state index in [1.165, 1.54) is 0 Å². The first-order valence-electron chi connectivity index (χ1n) is 13.7. The third-order valence-electron chi connectivity index (χ3n) is 8.16. The molecule has 1 aromatic heterocycles. The Balaban J connectivity index is 1.65. The molecule has 206 valence electrons. The van der Waals surface area contributed by atoms with Crippen LogP contribution in [0.3, 0.4) is 0 Å². The van der Waals surface area contributed by atoms with Gasteiger partial charge in [0.05, 0.1) is 12.1 Å². The van der Waals surface area contributed by atoms with E-state index in [9.17, 15) is 9.59 Å². The Kier molecular flexibility index (Phi) is 7.80. The number of fused-ring (bicyclic) bond motifs is 2. The second-order valence-electron chi connectivity index (χ2n) is 11.5. The molecule has 2 aromatic rings. The first-order valence-corrected chi connectivity index (χ1v) is 13.7. The number of aromatic nitrogens is 1. The third-order valence-corrected chi connectivity index (χ3v) is 8.16. The lowest BCUT2D eigenvalue weighted by molar-refractivity contribution is -0.0707. The van der Waals surface area contributed by atoms with Crippen molar-refractivity contribution in [2.75, 3.05) is 20.6 Å². The number of aromatic amines is 1. The van der Waals surface area contributed by atoms with Crippen molar-refractivity contribution in [3.63, 3.8) is 0 Å². The number of carbonyl (C=O) groups is 1. The highest BCUT2D eigenvalue weighted by Gasteiger charge is 2.43. The van der Waals surface area contributed by atoms with Crippen molar-refractivity contribution in [2.45, 2.75) is 92.0 Å². The molecule has 3 heterocycles. The van der Waals surface area contributed by atoms with Crippen molar-refractivity contribution >= 4 is 11.5 Å². The predicted molar refractivity (Wildman–Crippen MR) is 152 cm³/mol. The minimum Gasteiger partial charge on any atom is -0.448 e. The Labute approximate surface area is 226 Å². The summed E-state index contributed by atoms with van der Waals surface area (Å²) in [5.74, 6) is 0.481. The van der Waals surface area contributed by atoms with Gasteiger partial charge in [0.2, 0.25) is 5.79 Å². The number of H-pyrrole nitrogens is 1. The standard InChI is InChI=1S/C31H43N3O4/c1-10-22(33(8)9)12-11-14-31(7)37-27-21(6)26-23(25(18(2)3)28(27)38-31)13-15-34(30(26)36)17-24-19(4)16-20(5)32-29(24)35/h16,22H,2,10-15,17H2,1,3-9H3,(H,32,35). The lowest BCUT2D eigenvalue weighted by Crippen LogP contribution is -2.39. The van der Waals surface area contributed by atoms with Gasteiger partial charge >= 0.3 is 0 Å². The molecule has 1 aromatic carbocycles. The number of allylic oxidation sites excluding steroid dienone is 1. The molecular weight excluding hydrogens is 478 g/mol. The molecule has 0 saturated heterocycles. The average molecular weight is 522 g/mol. The van der Waals surface area contributed by atoms with Gasteiger partial charge in [0, 0.05) is 48.3 Å². The number of hydrogen-bond donors (Lipinski definition) is 1. The third kappa shape index (κ3) is 5.13. The van der Waals surface area contributed by atoms with Gasteiger partial charge in [0.25, 0.3) is 11.5 Å². The molecule has 0 radical (unpaired) electrons. The number of carbonyl (C=O) groups excluding carboxylic acids is 1. The summed E-state index contributed by atoms with van der Waals surface area (Å²) in [5, 5.41) is 0. The Bertz CT molecular complexity index is 1330. The van der Waals surface area contributed by atoms with E-state index in [0.717, 1.165) is 59.2 Å². The molecule has 2 atom stereocenters. The Morgan fingerprint density at radius 3 is 2.50 bits per heavy atom. The average Bonchev–Trinajstić information content (AvgIpc) is 3.17. The summed E-state index contributed by atoms with van der Waals surface area (Å²) in [7, 11) is 4.25. The van der Waals surface area contributed by atoms with E-state index >= 15 is 0 Å². The topological polar surface area (TPSA) is 74.9 Å². The first kappa shape index (κ1) is 28.0. The van der Waals surface area contributed by atoms with Crippen LogP contribution in [0.1, 0.15) is 90.3 Å². The van der Waals surface area contributed by atoms with E-state index in [0.29, 0.717) is 41.6 Å². The fraction of sp³-hybridized carbons (Fsp3) is 0.548. The maximum atomic E-state index is 13.9. The summed E-state index contributed by atoms with van der Waals surface area (Å²) < 4.78 is 13.1. The summed E-state index contributed by atoms with van der Waals surface area (Å²) in [6.07, 6.45) is 4.56. The molecule has 38 heavy (non-hydrogen) atoms. The van der Waals surface area contributed by atoms with Gasteiger partial charge in [-0.3, -0.25) is 9.59 Å². The Hall–Kier alpha value is -3.06. The van der Waals surface area contributed by atoms with E-state index in [1.54, 1.807) is 4.90 Å². The number of nitrogens with zero attached hydrogens (tertiary/aromatic N) is 2. The number of amides is 1. The minimum absolute atomic E-state index is 0.0811. The monoisotopic (exact) mass is 521 g/mol. The summed E-state index contributed by atoms with van der Waals surface area (Å²) >= 11 is 0. The zero-order valence-corrected chi connectivity index (χ0v) is 24.3.